The topological polar surface area (TPSA) is 73.1 Å². The van der Waals surface area contributed by atoms with Crippen molar-refractivity contribution in [1.82, 2.24) is 24.6 Å². The van der Waals surface area contributed by atoms with Gasteiger partial charge in [-0.25, -0.2) is 0 Å². The van der Waals surface area contributed by atoms with Crippen LogP contribution in [0.25, 0.3) is 0 Å². The number of carbonyl (C=O) groups excluding carboxylic acids is 1. The molecule has 22 heavy (non-hydrogen) atoms. The molecule has 116 valence electrons. The summed E-state index contributed by atoms with van der Waals surface area (Å²) < 4.78 is 7.20. The van der Waals surface area contributed by atoms with Crippen LogP contribution in [-0.2, 0) is 4.79 Å². The van der Waals surface area contributed by atoms with Gasteiger partial charge in [0.15, 0.2) is 5.15 Å². The largest absolute Gasteiger partial charge is 0.476 e. The van der Waals surface area contributed by atoms with Crippen molar-refractivity contribution in [2.45, 2.75) is 13.0 Å². The van der Waals surface area contributed by atoms with Gasteiger partial charge in [-0.15, -0.1) is 0 Å². The Morgan fingerprint density at radius 1 is 1.50 bits per heavy atom. The van der Waals surface area contributed by atoms with Crippen molar-refractivity contribution in [2.24, 2.45) is 5.92 Å². The van der Waals surface area contributed by atoms with Crippen molar-refractivity contribution < 1.29 is 9.53 Å². The predicted molar refractivity (Wildman–Crippen MR) is 79.5 cm³/mol. The van der Waals surface area contributed by atoms with Crippen LogP contribution in [0.5, 0.6) is 5.88 Å². The Labute approximate surface area is 132 Å². The number of rotatable bonds is 5. The molecule has 7 nitrogen and oxygen atoms in total. The van der Waals surface area contributed by atoms with Crippen LogP contribution < -0.4 is 4.74 Å². The van der Waals surface area contributed by atoms with Crippen LogP contribution in [0.3, 0.4) is 0 Å². The summed E-state index contributed by atoms with van der Waals surface area (Å²) in [5.74, 6) is 0.777. The number of likely N-dealkylation sites (tertiary alicyclic amines) is 1. The normalized spacial score (nSPS) is 16.2. The molecule has 1 saturated heterocycles. The molecule has 1 unspecified atom stereocenters. The van der Waals surface area contributed by atoms with Gasteiger partial charge in [-0.05, 0) is 13.0 Å². The first-order chi connectivity index (χ1) is 10.6. The summed E-state index contributed by atoms with van der Waals surface area (Å²) in [4.78, 5) is 22.0. The average Bonchev–Trinajstić information content (AvgIpc) is 2.98. The van der Waals surface area contributed by atoms with Gasteiger partial charge >= 0.3 is 0 Å². The Morgan fingerprint density at radius 2 is 2.32 bits per heavy atom. The van der Waals surface area contributed by atoms with Gasteiger partial charge in [-0.1, -0.05) is 11.6 Å². The summed E-state index contributed by atoms with van der Waals surface area (Å²) in [5, 5.41) is 4.40. The van der Waals surface area contributed by atoms with E-state index in [2.05, 4.69) is 15.1 Å². The van der Waals surface area contributed by atoms with Gasteiger partial charge in [0.25, 0.3) is 0 Å². The molecule has 1 aliphatic heterocycles. The number of amides is 1. The second-order valence-corrected chi connectivity index (χ2v) is 5.65. The zero-order valence-corrected chi connectivity index (χ0v) is 12.8. The molecule has 0 radical (unpaired) electrons. The minimum Gasteiger partial charge on any atom is -0.476 e. The molecular weight excluding hydrogens is 306 g/mol. The number of halogens is 1. The molecule has 0 aromatic carbocycles. The first-order valence-corrected chi connectivity index (χ1v) is 7.39. The second-order valence-electron chi connectivity index (χ2n) is 5.26. The number of nitrogens with zero attached hydrogens (tertiary/aromatic N) is 5. The molecule has 0 N–H and O–H groups in total. The Balaban J connectivity index is 1.45. The number of hydrogen-bond donors (Lipinski definition) is 0. The van der Waals surface area contributed by atoms with Crippen LogP contribution in [0.4, 0.5) is 0 Å². The molecular formula is C14H16ClN5O2. The third-order valence-corrected chi connectivity index (χ3v) is 3.78. The smallest absolute Gasteiger partial charge is 0.247 e. The van der Waals surface area contributed by atoms with E-state index in [1.54, 1.807) is 17.1 Å². The molecule has 2 aromatic heterocycles. The summed E-state index contributed by atoms with van der Waals surface area (Å²) in [5.41, 5.74) is 0. The lowest BCUT2D eigenvalue weighted by molar-refractivity contribution is -0.141. The second kappa shape index (κ2) is 6.31. The zero-order chi connectivity index (χ0) is 15.5. The molecule has 1 fully saturated rings. The summed E-state index contributed by atoms with van der Waals surface area (Å²) in [6.07, 6.45) is 6.44. The molecule has 3 rings (SSSR count). The molecule has 1 atom stereocenters. The van der Waals surface area contributed by atoms with Crippen LogP contribution in [0.2, 0.25) is 5.15 Å². The van der Waals surface area contributed by atoms with Gasteiger partial charge in [-0.3, -0.25) is 14.5 Å². The standard InChI is InChI=1S/C14H16ClN5O2/c1-10(20-4-2-3-17-20)14(21)19-7-11(8-19)9-22-13-6-16-5-12(15)18-13/h2-6,10-11H,7-9H2,1H3. The van der Waals surface area contributed by atoms with E-state index in [1.807, 2.05) is 17.9 Å². The summed E-state index contributed by atoms with van der Waals surface area (Å²) in [7, 11) is 0. The van der Waals surface area contributed by atoms with Crippen LogP contribution >= 0.6 is 11.6 Å². The summed E-state index contributed by atoms with van der Waals surface area (Å²) in [6.45, 7) is 3.70. The highest BCUT2D eigenvalue weighted by molar-refractivity contribution is 6.29. The van der Waals surface area contributed by atoms with Gasteiger partial charge in [0.05, 0.1) is 19.0 Å². The fourth-order valence-electron chi connectivity index (χ4n) is 2.34. The minimum atomic E-state index is -0.282. The molecule has 3 heterocycles. The van der Waals surface area contributed by atoms with Crippen LogP contribution in [0.1, 0.15) is 13.0 Å². The third kappa shape index (κ3) is 3.19. The van der Waals surface area contributed by atoms with Crippen LogP contribution in [-0.4, -0.2) is 50.3 Å². The predicted octanol–water partition coefficient (Wildman–Crippen LogP) is 1.42. The number of aromatic nitrogens is 4. The first kappa shape index (κ1) is 14.8. The molecule has 1 amide bonds. The highest BCUT2D eigenvalue weighted by atomic mass is 35.5. The number of hydrogen-bond acceptors (Lipinski definition) is 5. The van der Waals surface area contributed by atoms with E-state index in [4.69, 9.17) is 16.3 Å². The van der Waals surface area contributed by atoms with Gasteiger partial charge in [0, 0.05) is 31.4 Å². The molecule has 0 spiro atoms. The number of carbonyl (C=O) groups is 1. The molecule has 0 bridgehead atoms. The van der Waals surface area contributed by atoms with E-state index in [0.29, 0.717) is 36.6 Å². The van der Waals surface area contributed by atoms with Crippen molar-refractivity contribution in [3.8, 4) is 5.88 Å². The highest BCUT2D eigenvalue weighted by Gasteiger charge is 2.34. The monoisotopic (exact) mass is 321 g/mol. The minimum absolute atomic E-state index is 0.0718. The fraction of sp³-hybridized carbons (Fsp3) is 0.429. The molecule has 1 aliphatic rings. The van der Waals surface area contributed by atoms with Crippen molar-refractivity contribution >= 4 is 17.5 Å². The van der Waals surface area contributed by atoms with E-state index in [9.17, 15) is 4.79 Å². The molecule has 2 aromatic rings. The molecule has 0 aliphatic carbocycles. The lowest BCUT2D eigenvalue weighted by atomic mass is 10.0. The van der Waals surface area contributed by atoms with Gasteiger partial charge in [0.1, 0.15) is 6.04 Å². The summed E-state index contributed by atoms with van der Waals surface area (Å²) >= 11 is 5.74. The molecule has 8 heteroatoms. The van der Waals surface area contributed by atoms with Crippen LogP contribution in [0, 0.1) is 5.92 Å². The Bertz CT molecular complexity index is 642. The van der Waals surface area contributed by atoms with E-state index < -0.39 is 0 Å². The van der Waals surface area contributed by atoms with Gasteiger partial charge in [0.2, 0.25) is 11.8 Å². The van der Waals surface area contributed by atoms with E-state index in [0.717, 1.165) is 0 Å². The average molecular weight is 322 g/mol. The lowest BCUT2D eigenvalue weighted by Gasteiger charge is -2.40. The van der Waals surface area contributed by atoms with E-state index >= 15 is 0 Å². The Morgan fingerprint density at radius 3 is 3.00 bits per heavy atom. The SMILES string of the molecule is CC(C(=O)N1CC(COc2cncc(Cl)n2)C1)n1cccn1. The highest BCUT2D eigenvalue weighted by Crippen LogP contribution is 2.21. The van der Waals surface area contributed by atoms with Crippen molar-refractivity contribution in [2.75, 3.05) is 19.7 Å². The van der Waals surface area contributed by atoms with Gasteiger partial charge < -0.3 is 9.64 Å². The Hall–Kier alpha value is -2.15. The van der Waals surface area contributed by atoms with Crippen molar-refractivity contribution in [3.05, 3.63) is 36.0 Å². The molecule has 0 saturated carbocycles. The zero-order valence-electron chi connectivity index (χ0n) is 12.1. The first-order valence-electron chi connectivity index (χ1n) is 7.01. The maximum atomic E-state index is 12.3. The lowest BCUT2D eigenvalue weighted by Crippen LogP contribution is -2.53. The maximum Gasteiger partial charge on any atom is 0.247 e. The van der Waals surface area contributed by atoms with Crippen LogP contribution in [0.15, 0.2) is 30.9 Å². The van der Waals surface area contributed by atoms with E-state index in [-0.39, 0.29) is 11.9 Å². The van der Waals surface area contributed by atoms with Crippen molar-refractivity contribution in [1.29, 1.82) is 0 Å². The summed E-state index contributed by atoms with van der Waals surface area (Å²) in [6, 6.07) is 1.53. The maximum absolute atomic E-state index is 12.3. The van der Waals surface area contributed by atoms with E-state index in [1.165, 1.54) is 12.4 Å². The Kier molecular flexibility index (Phi) is 4.24. The number of ether oxygens (including phenoxy) is 1. The van der Waals surface area contributed by atoms with Crippen molar-refractivity contribution in [3.63, 3.8) is 0 Å². The third-order valence-electron chi connectivity index (χ3n) is 3.60. The fourth-order valence-corrected chi connectivity index (χ4v) is 2.48. The quantitative estimate of drug-likeness (QED) is 0.833. The van der Waals surface area contributed by atoms with Gasteiger partial charge in [-0.2, -0.15) is 10.1 Å².